The maximum Gasteiger partial charge on any atom is 0.342 e. The van der Waals surface area contributed by atoms with Gasteiger partial charge in [-0.25, -0.2) is 4.79 Å². The summed E-state index contributed by atoms with van der Waals surface area (Å²) in [5.74, 6) is -1.16. The zero-order valence-corrected chi connectivity index (χ0v) is 10.7. The number of rotatable bonds is 4. The minimum atomic E-state index is -1.38. The van der Waals surface area contributed by atoms with E-state index >= 15 is 0 Å². The van der Waals surface area contributed by atoms with Gasteiger partial charge in [0.25, 0.3) is 5.69 Å². The lowest BCUT2D eigenvalue weighted by Crippen LogP contribution is -2.34. The highest BCUT2D eigenvalue weighted by Gasteiger charge is 2.26. The van der Waals surface area contributed by atoms with Crippen molar-refractivity contribution in [1.29, 1.82) is 0 Å². The lowest BCUT2D eigenvalue weighted by molar-refractivity contribution is -0.385. The monoisotopic (exact) mass is 281 g/mol. The molecule has 1 aliphatic rings. The second-order valence-corrected chi connectivity index (χ2v) is 4.75. The predicted molar refractivity (Wildman–Crippen MR) is 68.9 cm³/mol. The SMILES string of the molecule is O=C(O)c1cc(OC2CCCCC2O)ccc1[N+](=O)[O-]. The highest BCUT2D eigenvalue weighted by molar-refractivity contribution is 5.92. The van der Waals surface area contributed by atoms with Gasteiger partial charge in [-0.05, 0) is 25.3 Å². The average Bonchev–Trinajstić information content (AvgIpc) is 2.41. The third-order valence-corrected chi connectivity index (χ3v) is 3.35. The normalized spacial score (nSPS) is 22.2. The Hall–Kier alpha value is -2.15. The molecule has 0 bridgehead atoms. The highest BCUT2D eigenvalue weighted by atomic mass is 16.6. The molecule has 0 heterocycles. The van der Waals surface area contributed by atoms with Gasteiger partial charge in [0, 0.05) is 12.1 Å². The van der Waals surface area contributed by atoms with Crippen molar-refractivity contribution in [3.8, 4) is 5.75 Å². The smallest absolute Gasteiger partial charge is 0.342 e. The van der Waals surface area contributed by atoms with Crippen LogP contribution in [0.2, 0.25) is 0 Å². The maximum atomic E-state index is 11.0. The fourth-order valence-corrected chi connectivity index (χ4v) is 2.31. The number of aliphatic hydroxyl groups excluding tert-OH is 1. The van der Waals surface area contributed by atoms with Crippen LogP contribution in [0.4, 0.5) is 5.69 Å². The van der Waals surface area contributed by atoms with Gasteiger partial charge in [-0.3, -0.25) is 10.1 Å². The predicted octanol–water partition coefficient (Wildman–Crippen LogP) is 1.98. The molecular formula is C13H15NO6. The first-order chi connectivity index (χ1) is 9.49. The molecule has 0 spiro atoms. The summed E-state index contributed by atoms with van der Waals surface area (Å²) in [6.45, 7) is 0. The van der Waals surface area contributed by atoms with E-state index in [0.29, 0.717) is 12.8 Å². The first kappa shape index (κ1) is 14.3. The molecule has 1 aliphatic carbocycles. The molecule has 2 N–H and O–H groups in total. The van der Waals surface area contributed by atoms with Gasteiger partial charge in [-0.2, -0.15) is 0 Å². The van der Waals surface area contributed by atoms with Crippen molar-refractivity contribution in [2.45, 2.75) is 37.9 Å². The zero-order valence-electron chi connectivity index (χ0n) is 10.7. The fraction of sp³-hybridized carbons (Fsp3) is 0.462. The largest absolute Gasteiger partial charge is 0.488 e. The van der Waals surface area contributed by atoms with Crippen LogP contribution in [0.5, 0.6) is 5.75 Å². The van der Waals surface area contributed by atoms with E-state index in [1.165, 1.54) is 6.07 Å². The van der Waals surface area contributed by atoms with Gasteiger partial charge >= 0.3 is 5.97 Å². The van der Waals surface area contributed by atoms with E-state index in [0.717, 1.165) is 25.0 Å². The summed E-state index contributed by atoms with van der Waals surface area (Å²) in [6.07, 6.45) is 2.20. The summed E-state index contributed by atoms with van der Waals surface area (Å²) < 4.78 is 5.56. The second-order valence-electron chi connectivity index (χ2n) is 4.75. The first-order valence-corrected chi connectivity index (χ1v) is 6.35. The molecular weight excluding hydrogens is 266 g/mol. The van der Waals surface area contributed by atoms with Crippen LogP contribution < -0.4 is 4.74 Å². The molecule has 0 amide bonds. The Bertz CT molecular complexity index is 530. The van der Waals surface area contributed by atoms with Crippen LogP contribution in [0.25, 0.3) is 0 Å². The van der Waals surface area contributed by atoms with E-state index in [4.69, 9.17) is 9.84 Å². The van der Waals surface area contributed by atoms with E-state index in [9.17, 15) is 20.0 Å². The number of carboxylic acids is 1. The number of nitrogens with zero attached hydrogens (tertiary/aromatic N) is 1. The summed E-state index contributed by atoms with van der Waals surface area (Å²) >= 11 is 0. The third-order valence-electron chi connectivity index (χ3n) is 3.35. The number of aromatic carboxylic acids is 1. The number of ether oxygens (including phenoxy) is 1. The molecule has 2 unspecified atom stereocenters. The molecule has 20 heavy (non-hydrogen) atoms. The molecule has 0 aromatic heterocycles. The molecule has 0 radical (unpaired) electrons. The molecule has 0 aliphatic heterocycles. The average molecular weight is 281 g/mol. The van der Waals surface area contributed by atoms with Crippen LogP contribution >= 0.6 is 0 Å². The van der Waals surface area contributed by atoms with Crippen molar-refractivity contribution in [3.63, 3.8) is 0 Å². The fourth-order valence-electron chi connectivity index (χ4n) is 2.31. The first-order valence-electron chi connectivity index (χ1n) is 6.35. The summed E-state index contributed by atoms with van der Waals surface area (Å²) in [6, 6.07) is 3.59. The van der Waals surface area contributed by atoms with Gasteiger partial charge in [0.2, 0.25) is 0 Å². The van der Waals surface area contributed by atoms with Gasteiger partial charge < -0.3 is 14.9 Å². The molecule has 1 fully saturated rings. The Balaban J connectivity index is 2.22. The van der Waals surface area contributed by atoms with Crippen molar-refractivity contribution in [1.82, 2.24) is 0 Å². The van der Waals surface area contributed by atoms with Crippen LogP contribution in [-0.2, 0) is 0 Å². The number of hydrogen-bond donors (Lipinski definition) is 2. The van der Waals surface area contributed by atoms with Crippen molar-refractivity contribution in [2.75, 3.05) is 0 Å². The minimum absolute atomic E-state index is 0.221. The highest BCUT2D eigenvalue weighted by Crippen LogP contribution is 2.28. The van der Waals surface area contributed by atoms with Crippen molar-refractivity contribution < 1.29 is 24.7 Å². The number of benzene rings is 1. The van der Waals surface area contributed by atoms with Gasteiger partial charge in [0.1, 0.15) is 17.4 Å². The summed E-state index contributed by atoms with van der Waals surface area (Å²) in [5, 5.41) is 29.5. The summed E-state index contributed by atoms with van der Waals surface area (Å²) in [7, 11) is 0. The summed E-state index contributed by atoms with van der Waals surface area (Å²) in [5.41, 5.74) is -0.896. The molecule has 0 saturated heterocycles. The Labute approximate surface area is 114 Å². The molecule has 7 heteroatoms. The zero-order chi connectivity index (χ0) is 14.7. The van der Waals surface area contributed by atoms with Crippen LogP contribution in [0, 0.1) is 10.1 Å². The van der Waals surface area contributed by atoms with E-state index in [2.05, 4.69) is 0 Å². The Morgan fingerprint density at radius 3 is 2.65 bits per heavy atom. The van der Waals surface area contributed by atoms with Crippen LogP contribution in [0.15, 0.2) is 18.2 Å². The number of nitro groups is 1. The number of nitro benzene ring substituents is 1. The number of carboxylic acid groups (broad SMARTS) is 1. The topological polar surface area (TPSA) is 110 Å². The number of hydrogen-bond acceptors (Lipinski definition) is 5. The van der Waals surface area contributed by atoms with E-state index in [1.54, 1.807) is 0 Å². The summed E-state index contributed by atoms with van der Waals surface area (Å²) in [4.78, 5) is 21.0. The molecule has 2 rings (SSSR count). The van der Waals surface area contributed by atoms with Gasteiger partial charge in [-0.1, -0.05) is 6.42 Å². The molecule has 7 nitrogen and oxygen atoms in total. The molecule has 1 aromatic rings. The minimum Gasteiger partial charge on any atom is -0.488 e. The molecule has 108 valence electrons. The van der Waals surface area contributed by atoms with Gasteiger partial charge in [0.05, 0.1) is 11.0 Å². The van der Waals surface area contributed by atoms with Gasteiger partial charge in [-0.15, -0.1) is 0 Å². The van der Waals surface area contributed by atoms with Crippen LogP contribution in [0.1, 0.15) is 36.0 Å². The molecule has 2 atom stereocenters. The Kier molecular flexibility index (Phi) is 4.19. The lowest BCUT2D eigenvalue weighted by Gasteiger charge is -2.28. The van der Waals surface area contributed by atoms with Gasteiger partial charge in [0.15, 0.2) is 0 Å². The van der Waals surface area contributed by atoms with E-state index < -0.39 is 34.4 Å². The Morgan fingerprint density at radius 1 is 1.35 bits per heavy atom. The van der Waals surface area contributed by atoms with Crippen LogP contribution in [0.3, 0.4) is 0 Å². The van der Waals surface area contributed by atoms with E-state index in [1.807, 2.05) is 0 Å². The third kappa shape index (κ3) is 3.05. The van der Waals surface area contributed by atoms with Crippen molar-refractivity contribution in [2.24, 2.45) is 0 Å². The lowest BCUT2D eigenvalue weighted by atomic mass is 9.95. The van der Waals surface area contributed by atoms with Crippen molar-refractivity contribution >= 4 is 11.7 Å². The number of carbonyl (C=O) groups is 1. The molecule has 1 aromatic carbocycles. The Morgan fingerprint density at radius 2 is 2.05 bits per heavy atom. The number of aliphatic hydroxyl groups is 1. The standard InChI is InChI=1S/C13H15NO6/c15-11-3-1-2-4-12(11)20-8-5-6-10(14(18)19)9(7-8)13(16)17/h5-7,11-12,15H,1-4H2,(H,16,17). The second kappa shape index (κ2) is 5.87. The van der Waals surface area contributed by atoms with E-state index in [-0.39, 0.29) is 5.75 Å². The quantitative estimate of drug-likeness (QED) is 0.645. The van der Waals surface area contributed by atoms with Crippen LogP contribution in [-0.4, -0.2) is 33.3 Å². The molecule has 1 saturated carbocycles. The maximum absolute atomic E-state index is 11.0. The van der Waals surface area contributed by atoms with Crippen molar-refractivity contribution in [3.05, 3.63) is 33.9 Å².